The van der Waals surface area contributed by atoms with E-state index in [0.717, 1.165) is 5.56 Å². The quantitative estimate of drug-likeness (QED) is 0.376. The van der Waals surface area contributed by atoms with Crippen molar-refractivity contribution in [3.05, 3.63) is 69.0 Å². The Kier molecular flexibility index (Phi) is 5.62. The molecule has 0 radical (unpaired) electrons. The van der Waals surface area contributed by atoms with E-state index in [1.165, 1.54) is 17.6 Å². The number of H-pyrrole nitrogens is 1. The third-order valence-electron chi connectivity index (χ3n) is 6.56. The Morgan fingerprint density at radius 2 is 1.68 bits per heavy atom. The number of hydrogen-bond acceptors (Lipinski definition) is 6. The summed E-state index contributed by atoms with van der Waals surface area (Å²) in [6.07, 6.45) is -6.76. The maximum absolute atomic E-state index is 13.6. The number of anilines is 1. The van der Waals surface area contributed by atoms with Gasteiger partial charge < -0.3 is 10.3 Å². The molecule has 1 aliphatic rings. The summed E-state index contributed by atoms with van der Waals surface area (Å²) in [6, 6.07) is 7.10. The van der Waals surface area contributed by atoms with Crippen LogP contribution in [-0.2, 0) is 16.6 Å². The summed E-state index contributed by atoms with van der Waals surface area (Å²) in [6.45, 7) is 4.99. The second-order valence-corrected chi connectivity index (χ2v) is 9.29. The maximum Gasteiger partial charge on any atom is 0.453 e. The Bertz CT molecular complexity index is 1640. The predicted molar refractivity (Wildman–Crippen MR) is 125 cm³/mol. The number of fused-ring (bicyclic) bond motifs is 2. The van der Waals surface area contributed by atoms with Crippen LogP contribution < -0.4 is 10.9 Å². The molecule has 4 aromatic rings. The lowest BCUT2D eigenvalue weighted by molar-refractivity contribution is -0.284. The molecule has 4 heterocycles. The Hall–Kier alpha value is -4.23. The second-order valence-electron chi connectivity index (χ2n) is 9.29. The molecule has 1 aliphatic heterocycles. The largest absolute Gasteiger partial charge is 0.453 e. The molecule has 0 fully saturated rings. The molecule has 0 aliphatic carbocycles. The van der Waals surface area contributed by atoms with E-state index >= 15 is 0 Å². The molecule has 1 atom stereocenters. The SMILES string of the molecule is Cc1ccc([C@]2(C)C(=O)Nc3nc(-c4cn5nc(C)nc5c(CCC(F)(F)C(F)(F)F)n4)[nH]c(=O)c32)cc1. The first kappa shape index (κ1) is 25.4. The molecule has 0 saturated heterocycles. The summed E-state index contributed by atoms with van der Waals surface area (Å²) < 4.78 is 66.6. The van der Waals surface area contributed by atoms with E-state index in [0.29, 0.717) is 5.56 Å². The van der Waals surface area contributed by atoms with Crippen molar-refractivity contribution in [1.82, 2.24) is 29.5 Å². The van der Waals surface area contributed by atoms with Gasteiger partial charge >= 0.3 is 12.1 Å². The van der Waals surface area contributed by atoms with Gasteiger partial charge in [-0.05, 0) is 32.8 Å². The molecular formula is C24H20F5N7O2. The van der Waals surface area contributed by atoms with Gasteiger partial charge in [-0.2, -0.15) is 27.1 Å². The molecule has 1 amide bonds. The fraction of sp³-hybridized carbons (Fsp3) is 0.333. The molecule has 2 N–H and O–H groups in total. The van der Waals surface area contributed by atoms with Crippen molar-refractivity contribution in [2.24, 2.45) is 0 Å². The highest BCUT2D eigenvalue weighted by atomic mass is 19.4. The average Bonchev–Trinajstić information content (AvgIpc) is 3.33. The van der Waals surface area contributed by atoms with Gasteiger partial charge in [-0.15, -0.1) is 0 Å². The molecule has 0 spiro atoms. The van der Waals surface area contributed by atoms with Crippen LogP contribution in [0.15, 0.2) is 35.3 Å². The number of aromatic nitrogens is 6. The van der Waals surface area contributed by atoms with Gasteiger partial charge in [-0.25, -0.2) is 19.5 Å². The number of aromatic amines is 1. The lowest BCUT2D eigenvalue weighted by Crippen LogP contribution is -2.36. The van der Waals surface area contributed by atoms with Crippen molar-refractivity contribution < 1.29 is 26.7 Å². The van der Waals surface area contributed by atoms with Gasteiger partial charge in [-0.3, -0.25) is 9.59 Å². The molecule has 5 rings (SSSR count). The molecule has 14 heteroatoms. The molecule has 1 aromatic carbocycles. The zero-order chi connectivity index (χ0) is 27.6. The second kappa shape index (κ2) is 8.39. The number of rotatable bonds is 5. The van der Waals surface area contributed by atoms with Gasteiger partial charge in [-0.1, -0.05) is 29.8 Å². The predicted octanol–water partition coefficient (Wildman–Crippen LogP) is 3.88. The summed E-state index contributed by atoms with van der Waals surface area (Å²) in [5.41, 5.74) is -0.623. The number of hydrogen-bond donors (Lipinski definition) is 2. The van der Waals surface area contributed by atoms with Gasteiger partial charge in [0.15, 0.2) is 11.5 Å². The van der Waals surface area contributed by atoms with E-state index in [2.05, 4.69) is 30.4 Å². The normalized spacial score (nSPS) is 17.6. The molecule has 0 unspecified atom stereocenters. The number of aryl methyl sites for hydroxylation is 3. The van der Waals surface area contributed by atoms with E-state index in [-0.39, 0.29) is 40.1 Å². The summed E-state index contributed by atoms with van der Waals surface area (Å²) in [4.78, 5) is 41.4. The monoisotopic (exact) mass is 533 g/mol. The van der Waals surface area contributed by atoms with E-state index in [9.17, 15) is 31.5 Å². The van der Waals surface area contributed by atoms with E-state index in [1.807, 2.05) is 19.1 Å². The van der Waals surface area contributed by atoms with Crippen LogP contribution in [0.5, 0.6) is 0 Å². The summed E-state index contributed by atoms with van der Waals surface area (Å²) in [5.74, 6) is -5.34. The smallest absolute Gasteiger partial charge is 0.309 e. The van der Waals surface area contributed by atoms with Crippen LogP contribution in [0.3, 0.4) is 0 Å². The first-order valence-electron chi connectivity index (χ1n) is 11.4. The number of carbonyl (C=O) groups is 1. The summed E-state index contributed by atoms with van der Waals surface area (Å²) in [5, 5.41) is 6.71. The third-order valence-corrected chi connectivity index (χ3v) is 6.56. The van der Waals surface area contributed by atoms with Crippen molar-refractivity contribution in [3.8, 4) is 11.5 Å². The Labute approximate surface area is 211 Å². The fourth-order valence-corrected chi connectivity index (χ4v) is 4.41. The van der Waals surface area contributed by atoms with Crippen LogP contribution in [0.25, 0.3) is 17.2 Å². The van der Waals surface area contributed by atoms with Crippen molar-refractivity contribution in [1.29, 1.82) is 0 Å². The van der Waals surface area contributed by atoms with E-state index in [1.54, 1.807) is 19.1 Å². The molecule has 3 aromatic heterocycles. The van der Waals surface area contributed by atoms with E-state index < -0.39 is 41.8 Å². The topological polar surface area (TPSA) is 118 Å². The highest BCUT2D eigenvalue weighted by molar-refractivity contribution is 6.07. The van der Waals surface area contributed by atoms with Crippen LogP contribution in [0.2, 0.25) is 0 Å². The zero-order valence-corrected chi connectivity index (χ0v) is 20.2. The molecule has 198 valence electrons. The number of alkyl halides is 5. The van der Waals surface area contributed by atoms with Crippen molar-refractivity contribution >= 4 is 17.4 Å². The summed E-state index contributed by atoms with van der Waals surface area (Å²) in [7, 11) is 0. The summed E-state index contributed by atoms with van der Waals surface area (Å²) >= 11 is 0. The van der Waals surface area contributed by atoms with Crippen molar-refractivity contribution in [3.63, 3.8) is 0 Å². The Balaban J connectivity index is 1.59. The number of nitrogens with zero attached hydrogens (tertiary/aromatic N) is 5. The average molecular weight is 533 g/mol. The Morgan fingerprint density at radius 3 is 2.34 bits per heavy atom. The van der Waals surface area contributed by atoms with Gasteiger partial charge in [0.2, 0.25) is 5.91 Å². The molecule has 38 heavy (non-hydrogen) atoms. The lowest BCUT2D eigenvalue weighted by Gasteiger charge is -2.22. The number of halogens is 5. The maximum atomic E-state index is 13.6. The highest BCUT2D eigenvalue weighted by Crippen LogP contribution is 2.41. The first-order chi connectivity index (χ1) is 17.7. The highest BCUT2D eigenvalue weighted by Gasteiger charge is 2.56. The number of carbonyl (C=O) groups excluding carboxylic acids is 1. The molecule has 0 saturated carbocycles. The molecule has 9 nitrogen and oxygen atoms in total. The number of benzene rings is 1. The van der Waals surface area contributed by atoms with Gasteiger partial charge in [0.1, 0.15) is 22.8 Å². The van der Waals surface area contributed by atoms with Crippen LogP contribution in [0, 0.1) is 13.8 Å². The zero-order valence-electron chi connectivity index (χ0n) is 20.2. The standard InChI is InChI=1S/C24H20F5N7O2/c1-11-4-6-13(7-5-11)22(3)16-18(34-21(22)38)32-17(33-20(16)37)15-10-36-19(30-12(2)35-36)14(31-15)8-9-23(25,26)24(27,28)29/h4-7,10H,8-9H2,1-3H3,(H2,32,33,34,37,38)/t22-/m0/s1. The number of nitrogens with one attached hydrogen (secondary N) is 2. The molecular weight excluding hydrogens is 513 g/mol. The minimum atomic E-state index is -5.72. The van der Waals surface area contributed by atoms with E-state index in [4.69, 9.17) is 0 Å². The molecule has 0 bridgehead atoms. The number of amides is 1. The fourth-order valence-electron chi connectivity index (χ4n) is 4.41. The third kappa shape index (κ3) is 4.00. The van der Waals surface area contributed by atoms with Crippen LogP contribution in [-0.4, -0.2) is 47.6 Å². The van der Waals surface area contributed by atoms with Crippen molar-refractivity contribution in [2.45, 2.75) is 51.1 Å². The van der Waals surface area contributed by atoms with Crippen molar-refractivity contribution in [2.75, 3.05) is 5.32 Å². The van der Waals surface area contributed by atoms with Gasteiger partial charge in [0.05, 0.1) is 17.5 Å². The minimum Gasteiger partial charge on any atom is -0.309 e. The lowest BCUT2D eigenvalue weighted by atomic mass is 9.78. The van der Waals surface area contributed by atoms with Crippen LogP contribution in [0.4, 0.5) is 27.8 Å². The van der Waals surface area contributed by atoms with Gasteiger partial charge in [0.25, 0.3) is 5.56 Å². The van der Waals surface area contributed by atoms with Crippen LogP contribution in [0.1, 0.15) is 41.6 Å². The Morgan fingerprint density at radius 1 is 1.00 bits per heavy atom. The van der Waals surface area contributed by atoms with Crippen LogP contribution >= 0.6 is 0 Å². The minimum absolute atomic E-state index is 0.00650. The van der Waals surface area contributed by atoms with Gasteiger partial charge in [0, 0.05) is 6.42 Å². The first-order valence-corrected chi connectivity index (χ1v) is 11.4.